The lowest BCUT2D eigenvalue weighted by Crippen LogP contribution is -2.07. The maximum absolute atomic E-state index is 11.3. The maximum atomic E-state index is 11.3. The number of para-hydroxylation sites is 1. The molecule has 0 spiro atoms. The fraction of sp³-hybridized carbons (Fsp3) is 0.167. The van der Waals surface area contributed by atoms with Crippen LogP contribution in [0.15, 0.2) is 35.1 Å². The van der Waals surface area contributed by atoms with Gasteiger partial charge in [0.2, 0.25) is 5.88 Å². The Morgan fingerprint density at radius 3 is 2.88 bits per heavy atom. The lowest BCUT2D eigenvalue weighted by molar-refractivity contribution is 0.341. The second-order valence-electron chi connectivity index (χ2n) is 3.38. The molecule has 88 valence electrons. The van der Waals surface area contributed by atoms with Gasteiger partial charge in [-0.3, -0.25) is 4.79 Å². The summed E-state index contributed by atoms with van der Waals surface area (Å²) < 4.78 is 5.43. The van der Waals surface area contributed by atoms with Crippen LogP contribution in [-0.4, -0.2) is 21.7 Å². The summed E-state index contributed by atoms with van der Waals surface area (Å²) in [5, 5.41) is 9.30. The Kier molecular flexibility index (Phi) is 3.09. The minimum Gasteiger partial charge on any atom is -0.493 e. The standard InChI is InChI=1S/C12H12N2O3/c1-2-17-9-6-4-3-5-8(9)12-13-10(15)7-11(16)14-12/h3-7H,2H2,1H3,(H2,13,14,15,16). The topological polar surface area (TPSA) is 75.2 Å². The molecule has 5 heteroatoms. The van der Waals surface area contributed by atoms with Gasteiger partial charge in [0.25, 0.3) is 5.56 Å². The first-order chi connectivity index (χ1) is 8.20. The monoisotopic (exact) mass is 232 g/mol. The van der Waals surface area contributed by atoms with Crippen molar-refractivity contribution in [1.29, 1.82) is 0 Å². The molecule has 0 bridgehead atoms. The molecule has 1 aromatic heterocycles. The number of ether oxygens (including phenoxy) is 1. The van der Waals surface area contributed by atoms with E-state index < -0.39 is 5.56 Å². The van der Waals surface area contributed by atoms with Crippen LogP contribution in [0.3, 0.4) is 0 Å². The first kappa shape index (κ1) is 11.2. The van der Waals surface area contributed by atoms with Crippen LogP contribution in [0, 0.1) is 0 Å². The molecule has 0 saturated carbocycles. The van der Waals surface area contributed by atoms with E-state index in [1.54, 1.807) is 12.1 Å². The van der Waals surface area contributed by atoms with Crippen LogP contribution in [0.5, 0.6) is 11.6 Å². The molecule has 17 heavy (non-hydrogen) atoms. The van der Waals surface area contributed by atoms with Crippen LogP contribution in [0.25, 0.3) is 11.4 Å². The third-order valence-corrected chi connectivity index (χ3v) is 2.17. The van der Waals surface area contributed by atoms with Gasteiger partial charge in [0.1, 0.15) is 11.6 Å². The van der Waals surface area contributed by atoms with Crippen LogP contribution < -0.4 is 10.3 Å². The van der Waals surface area contributed by atoms with Crippen LogP contribution in [0.1, 0.15) is 6.92 Å². The Morgan fingerprint density at radius 2 is 2.18 bits per heavy atom. The largest absolute Gasteiger partial charge is 0.493 e. The van der Waals surface area contributed by atoms with E-state index in [-0.39, 0.29) is 5.88 Å². The number of benzene rings is 1. The summed E-state index contributed by atoms with van der Waals surface area (Å²) in [7, 11) is 0. The highest BCUT2D eigenvalue weighted by Gasteiger charge is 2.08. The van der Waals surface area contributed by atoms with Crippen LogP contribution in [0.4, 0.5) is 0 Å². The number of H-pyrrole nitrogens is 1. The predicted molar refractivity (Wildman–Crippen MR) is 63.1 cm³/mol. The molecule has 1 heterocycles. The molecule has 0 aliphatic carbocycles. The molecule has 2 aromatic rings. The van der Waals surface area contributed by atoms with Gasteiger partial charge in [0.15, 0.2) is 0 Å². The highest BCUT2D eigenvalue weighted by atomic mass is 16.5. The molecular formula is C12H12N2O3. The van der Waals surface area contributed by atoms with E-state index in [1.807, 2.05) is 19.1 Å². The molecule has 0 unspecified atom stereocenters. The molecule has 0 aliphatic rings. The van der Waals surface area contributed by atoms with Crippen molar-refractivity contribution >= 4 is 0 Å². The predicted octanol–water partition coefficient (Wildman–Crippen LogP) is 1.54. The van der Waals surface area contributed by atoms with Crippen LogP contribution in [0.2, 0.25) is 0 Å². The van der Waals surface area contributed by atoms with Gasteiger partial charge in [-0.2, -0.15) is 4.98 Å². The van der Waals surface area contributed by atoms with Gasteiger partial charge in [-0.05, 0) is 19.1 Å². The van der Waals surface area contributed by atoms with E-state index in [1.165, 1.54) is 0 Å². The van der Waals surface area contributed by atoms with E-state index in [2.05, 4.69) is 9.97 Å². The Labute approximate surface area is 97.7 Å². The van der Waals surface area contributed by atoms with E-state index in [0.717, 1.165) is 6.07 Å². The van der Waals surface area contributed by atoms with Crippen molar-refractivity contribution in [2.45, 2.75) is 6.92 Å². The molecule has 0 atom stereocenters. The summed E-state index contributed by atoms with van der Waals surface area (Å²) in [5.41, 5.74) is 0.237. The number of rotatable bonds is 3. The number of nitrogens with one attached hydrogen (secondary N) is 1. The summed E-state index contributed by atoms with van der Waals surface area (Å²) in [5.74, 6) is 0.595. The highest BCUT2D eigenvalue weighted by molar-refractivity contribution is 5.64. The molecular weight excluding hydrogens is 220 g/mol. The second kappa shape index (κ2) is 4.69. The molecule has 0 radical (unpaired) electrons. The Balaban J connectivity index is 2.55. The molecule has 0 fully saturated rings. The first-order valence-corrected chi connectivity index (χ1v) is 5.23. The van der Waals surface area contributed by atoms with Crippen molar-refractivity contribution in [3.63, 3.8) is 0 Å². The first-order valence-electron chi connectivity index (χ1n) is 5.23. The van der Waals surface area contributed by atoms with Gasteiger partial charge in [-0.15, -0.1) is 0 Å². The molecule has 0 saturated heterocycles. The third kappa shape index (κ3) is 2.44. The van der Waals surface area contributed by atoms with Gasteiger partial charge >= 0.3 is 0 Å². The summed E-state index contributed by atoms with van der Waals surface area (Å²) in [6.45, 7) is 2.38. The maximum Gasteiger partial charge on any atom is 0.254 e. The average molecular weight is 232 g/mol. The van der Waals surface area contributed by atoms with Crippen LogP contribution >= 0.6 is 0 Å². The Morgan fingerprint density at radius 1 is 1.41 bits per heavy atom. The molecule has 2 rings (SSSR count). The van der Waals surface area contributed by atoms with Gasteiger partial charge < -0.3 is 14.8 Å². The smallest absolute Gasteiger partial charge is 0.254 e. The Bertz CT molecular complexity index is 578. The number of hydrogen-bond acceptors (Lipinski definition) is 4. The van der Waals surface area contributed by atoms with E-state index in [9.17, 15) is 9.90 Å². The van der Waals surface area contributed by atoms with Crippen molar-refractivity contribution in [3.8, 4) is 23.0 Å². The zero-order chi connectivity index (χ0) is 12.3. The van der Waals surface area contributed by atoms with Crippen LogP contribution in [-0.2, 0) is 0 Å². The minimum atomic E-state index is -0.404. The lowest BCUT2D eigenvalue weighted by atomic mass is 10.2. The molecule has 2 N–H and O–H groups in total. The fourth-order valence-corrected chi connectivity index (χ4v) is 1.52. The van der Waals surface area contributed by atoms with Crippen molar-refractivity contribution < 1.29 is 9.84 Å². The van der Waals surface area contributed by atoms with Crippen molar-refractivity contribution in [3.05, 3.63) is 40.7 Å². The zero-order valence-corrected chi connectivity index (χ0v) is 9.30. The summed E-state index contributed by atoms with van der Waals surface area (Å²) in [6, 6.07) is 8.20. The fourth-order valence-electron chi connectivity index (χ4n) is 1.52. The SMILES string of the molecule is CCOc1ccccc1-c1nc(O)cc(=O)[nH]1. The number of hydrogen-bond donors (Lipinski definition) is 2. The van der Waals surface area contributed by atoms with Crippen molar-refractivity contribution in [2.24, 2.45) is 0 Å². The normalized spacial score (nSPS) is 10.2. The average Bonchev–Trinajstić information content (AvgIpc) is 2.29. The number of aromatic nitrogens is 2. The Hall–Kier alpha value is -2.30. The minimum absolute atomic E-state index is 0.291. The summed E-state index contributed by atoms with van der Waals surface area (Å²) >= 11 is 0. The third-order valence-electron chi connectivity index (χ3n) is 2.17. The summed E-state index contributed by atoms with van der Waals surface area (Å²) in [6.07, 6.45) is 0. The van der Waals surface area contributed by atoms with E-state index in [0.29, 0.717) is 23.7 Å². The van der Waals surface area contributed by atoms with E-state index >= 15 is 0 Å². The van der Waals surface area contributed by atoms with Gasteiger partial charge in [-0.1, -0.05) is 12.1 Å². The second-order valence-corrected chi connectivity index (χ2v) is 3.38. The number of nitrogens with zero attached hydrogens (tertiary/aromatic N) is 1. The van der Waals surface area contributed by atoms with E-state index in [4.69, 9.17) is 4.74 Å². The summed E-state index contributed by atoms with van der Waals surface area (Å²) in [4.78, 5) is 17.7. The highest BCUT2D eigenvalue weighted by Crippen LogP contribution is 2.26. The molecule has 5 nitrogen and oxygen atoms in total. The molecule has 1 aromatic carbocycles. The molecule has 0 aliphatic heterocycles. The van der Waals surface area contributed by atoms with Crippen molar-refractivity contribution in [2.75, 3.05) is 6.61 Å². The quantitative estimate of drug-likeness (QED) is 0.841. The number of aromatic hydroxyl groups is 1. The molecule has 0 amide bonds. The van der Waals surface area contributed by atoms with Gasteiger partial charge in [0.05, 0.1) is 18.2 Å². The zero-order valence-electron chi connectivity index (χ0n) is 9.30. The van der Waals surface area contributed by atoms with Gasteiger partial charge in [0, 0.05) is 0 Å². The van der Waals surface area contributed by atoms with Crippen molar-refractivity contribution in [1.82, 2.24) is 9.97 Å². The lowest BCUT2D eigenvalue weighted by Gasteiger charge is -2.08. The van der Waals surface area contributed by atoms with Gasteiger partial charge in [-0.25, -0.2) is 0 Å². The number of aromatic amines is 1.